The van der Waals surface area contributed by atoms with Gasteiger partial charge in [0.05, 0.1) is 0 Å². The van der Waals surface area contributed by atoms with Crippen LogP contribution in [0, 0.1) is 0 Å². The van der Waals surface area contributed by atoms with Crippen molar-refractivity contribution in [3.63, 3.8) is 0 Å². The Morgan fingerprint density at radius 3 is 1.45 bits per heavy atom. The number of thioether (sulfide) groups is 2. The van der Waals surface area contributed by atoms with Gasteiger partial charge in [-0.05, 0) is 0 Å². The van der Waals surface area contributed by atoms with Gasteiger partial charge in [0.25, 0.3) is 0 Å². The summed E-state index contributed by atoms with van der Waals surface area (Å²) in [5.74, 6) is 1.74. The van der Waals surface area contributed by atoms with Crippen LogP contribution in [0.15, 0.2) is 0 Å². The van der Waals surface area contributed by atoms with E-state index in [0.29, 0.717) is 8.64 Å². The minimum atomic E-state index is 0. The van der Waals surface area contributed by atoms with Crippen LogP contribution in [0.1, 0.15) is 0 Å². The predicted molar refractivity (Wildman–Crippen MR) is 65.6 cm³/mol. The van der Waals surface area contributed by atoms with Gasteiger partial charge >= 0.3 is 29.6 Å². The van der Waals surface area contributed by atoms with Crippen LogP contribution >= 0.6 is 48.0 Å². The summed E-state index contributed by atoms with van der Waals surface area (Å²) in [5.41, 5.74) is 10.5. The molecule has 0 aromatic carbocycles. The Morgan fingerprint density at radius 1 is 1.00 bits per heavy atom. The summed E-state index contributed by atoms with van der Waals surface area (Å²) in [4.78, 5) is 0. The summed E-state index contributed by atoms with van der Waals surface area (Å²) in [5, 5.41) is 0. The Kier molecular flexibility index (Phi) is 13.0. The zero-order chi connectivity index (χ0) is 7.98. The van der Waals surface area contributed by atoms with Gasteiger partial charge in [0, 0.05) is 11.5 Å². The third-order valence-electron chi connectivity index (χ3n) is 0.572. The van der Waals surface area contributed by atoms with Crippen molar-refractivity contribution in [3.8, 4) is 0 Å². The molecule has 0 aromatic rings. The summed E-state index contributed by atoms with van der Waals surface area (Å²) in [6, 6.07) is 0. The molecule has 0 radical (unpaired) electrons. The molecule has 2 nitrogen and oxygen atoms in total. The van der Waals surface area contributed by atoms with E-state index in [4.69, 9.17) is 11.5 Å². The van der Waals surface area contributed by atoms with Crippen LogP contribution in [-0.2, 0) is 0 Å². The van der Waals surface area contributed by atoms with Crippen molar-refractivity contribution in [3.05, 3.63) is 0 Å². The maximum atomic E-state index is 5.23. The summed E-state index contributed by atoms with van der Waals surface area (Å²) >= 11 is 12.2. The average molecular weight is 236 g/mol. The molecule has 7 heteroatoms. The van der Waals surface area contributed by atoms with Gasteiger partial charge in [-0.3, -0.25) is 0 Å². The fourth-order valence-corrected chi connectivity index (χ4v) is 1.85. The molecule has 0 amide bonds. The van der Waals surface area contributed by atoms with Crippen molar-refractivity contribution in [2.75, 3.05) is 11.5 Å². The van der Waals surface area contributed by atoms with Crippen molar-refractivity contribution in [1.29, 1.82) is 0 Å². The monoisotopic (exact) mass is 236 g/mol. The zero-order valence-corrected chi connectivity index (χ0v) is 8.47. The standard InChI is InChI=1S/C4H8N2S4.Na.H/c5-3(7)9-1-2-10-4(6)8;;/h1-2H2,(H2,5,7)(H2,6,8);;. The summed E-state index contributed by atoms with van der Waals surface area (Å²) in [6.45, 7) is 0. The molecule has 0 saturated carbocycles. The fraction of sp³-hybridized carbons (Fsp3) is 0.500. The van der Waals surface area contributed by atoms with Gasteiger partial charge in [-0.1, -0.05) is 48.0 Å². The second kappa shape index (κ2) is 9.57. The zero-order valence-electron chi connectivity index (χ0n) is 5.20. The van der Waals surface area contributed by atoms with Gasteiger partial charge in [-0.2, -0.15) is 0 Å². The molecule has 0 bridgehead atoms. The molecule has 0 unspecified atom stereocenters. The Balaban J connectivity index is 0. The Hall–Kier alpha value is 1.48. The molecule has 0 saturated heterocycles. The topological polar surface area (TPSA) is 52.0 Å². The third-order valence-corrected chi connectivity index (χ3v) is 2.92. The van der Waals surface area contributed by atoms with Crippen LogP contribution in [-0.4, -0.2) is 49.7 Å². The van der Waals surface area contributed by atoms with Crippen molar-refractivity contribution in [2.24, 2.45) is 11.5 Å². The Labute approximate surface area is 108 Å². The van der Waals surface area contributed by atoms with E-state index in [1.54, 1.807) is 0 Å². The second-order valence-electron chi connectivity index (χ2n) is 1.33. The van der Waals surface area contributed by atoms with Gasteiger partial charge in [0.15, 0.2) is 0 Å². The Bertz CT molecular complexity index is 124. The molecule has 4 N–H and O–H groups in total. The Morgan fingerprint density at radius 2 is 1.27 bits per heavy atom. The number of nitrogens with two attached hydrogens (primary N) is 2. The third kappa shape index (κ3) is 14.3. The molecule has 0 aliphatic heterocycles. The SMILES string of the molecule is NC(=S)SCCSC(N)=S.[NaH]. The van der Waals surface area contributed by atoms with E-state index in [9.17, 15) is 0 Å². The van der Waals surface area contributed by atoms with E-state index < -0.39 is 0 Å². The summed E-state index contributed by atoms with van der Waals surface area (Å²) in [7, 11) is 0. The van der Waals surface area contributed by atoms with Gasteiger partial charge in [0.2, 0.25) is 0 Å². The van der Waals surface area contributed by atoms with Crippen LogP contribution in [0.25, 0.3) is 0 Å². The van der Waals surface area contributed by atoms with E-state index >= 15 is 0 Å². The van der Waals surface area contributed by atoms with Gasteiger partial charge in [-0.15, -0.1) is 0 Å². The molecule has 60 valence electrons. The minimum absolute atomic E-state index is 0. The normalized spacial score (nSPS) is 8.36. The van der Waals surface area contributed by atoms with Crippen LogP contribution in [0.3, 0.4) is 0 Å². The van der Waals surface area contributed by atoms with Crippen LogP contribution in [0.5, 0.6) is 0 Å². The van der Waals surface area contributed by atoms with E-state index in [2.05, 4.69) is 24.4 Å². The van der Waals surface area contributed by atoms with Gasteiger partial charge in [0.1, 0.15) is 8.64 Å². The van der Waals surface area contributed by atoms with Crippen molar-refractivity contribution >= 4 is 86.2 Å². The first kappa shape index (κ1) is 15.0. The van der Waals surface area contributed by atoms with Crippen LogP contribution in [0.2, 0.25) is 0 Å². The van der Waals surface area contributed by atoms with Gasteiger partial charge in [-0.25, -0.2) is 0 Å². The first-order chi connectivity index (χ1) is 4.63. The molecule has 0 atom stereocenters. The first-order valence-corrected chi connectivity index (χ1v) is 5.26. The molecule has 0 spiro atoms. The fourth-order valence-electron chi connectivity index (χ4n) is 0.285. The van der Waals surface area contributed by atoms with Crippen LogP contribution in [0.4, 0.5) is 0 Å². The second-order valence-corrected chi connectivity index (χ2v) is 5.00. The van der Waals surface area contributed by atoms with Crippen molar-refractivity contribution < 1.29 is 0 Å². The number of thiocarbonyl (C=S) groups is 2. The summed E-state index contributed by atoms with van der Waals surface area (Å²) < 4.78 is 0.951. The van der Waals surface area contributed by atoms with E-state index in [1.165, 1.54) is 23.5 Å². The van der Waals surface area contributed by atoms with Gasteiger partial charge < -0.3 is 11.5 Å². The maximum absolute atomic E-state index is 5.23. The molecule has 0 aliphatic rings. The van der Waals surface area contributed by atoms with Crippen molar-refractivity contribution in [2.45, 2.75) is 0 Å². The van der Waals surface area contributed by atoms with E-state index in [1.807, 2.05) is 0 Å². The number of hydrogen-bond donors (Lipinski definition) is 2. The predicted octanol–water partition coefficient (Wildman–Crippen LogP) is 0.292. The molecule has 0 fully saturated rings. The molecular formula is C4H9N2NaS4. The molecular weight excluding hydrogens is 227 g/mol. The molecule has 0 aliphatic carbocycles. The number of hydrogen-bond acceptors (Lipinski definition) is 4. The van der Waals surface area contributed by atoms with Crippen LogP contribution < -0.4 is 11.5 Å². The van der Waals surface area contributed by atoms with E-state index in [0.717, 1.165) is 11.5 Å². The molecule has 11 heavy (non-hydrogen) atoms. The molecule has 0 heterocycles. The molecule has 0 aromatic heterocycles. The number of rotatable bonds is 3. The van der Waals surface area contributed by atoms with Crippen molar-refractivity contribution in [1.82, 2.24) is 0 Å². The molecule has 0 rings (SSSR count). The van der Waals surface area contributed by atoms with E-state index in [-0.39, 0.29) is 29.6 Å². The summed E-state index contributed by atoms with van der Waals surface area (Å²) in [6.07, 6.45) is 0. The average Bonchev–Trinajstić information content (AvgIpc) is 1.79. The first-order valence-electron chi connectivity index (χ1n) is 2.47. The quantitative estimate of drug-likeness (QED) is 0.417.